The summed E-state index contributed by atoms with van der Waals surface area (Å²) in [5.41, 5.74) is 0.0170. The summed E-state index contributed by atoms with van der Waals surface area (Å²) in [7, 11) is -2.59. The third-order valence-electron chi connectivity index (χ3n) is 2.71. The van der Waals surface area contributed by atoms with E-state index in [0.717, 1.165) is 6.07 Å². The Morgan fingerprint density at radius 1 is 1.48 bits per heavy atom. The van der Waals surface area contributed by atoms with Gasteiger partial charge in [-0.05, 0) is 25.1 Å². The number of hydrogen-bond acceptors (Lipinski definition) is 4. The fourth-order valence-electron chi connectivity index (χ4n) is 1.78. The highest BCUT2D eigenvalue weighted by Crippen LogP contribution is 2.27. The number of aryl methyl sites for hydroxylation is 2. The molecule has 110 valence electrons. The quantitative estimate of drug-likeness (QED) is 0.935. The molecule has 0 fully saturated rings. The van der Waals surface area contributed by atoms with Crippen LogP contribution in [0.2, 0.25) is 5.15 Å². The maximum absolute atomic E-state index is 13.8. The third-order valence-corrected chi connectivity index (χ3v) is 4.77. The predicted molar refractivity (Wildman–Crippen MR) is 74.9 cm³/mol. The molecule has 21 heavy (non-hydrogen) atoms. The highest BCUT2D eigenvalue weighted by atomic mass is 35.5. The zero-order valence-corrected chi connectivity index (χ0v) is 12.6. The van der Waals surface area contributed by atoms with Crippen LogP contribution in [0, 0.1) is 24.1 Å². The van der Waals surface area contributed by atoms with Crippen molar-refractivity contribution in [3.8, 4) is 6.07 Å². The average molecular weight is 329 g/mol. The van der Waals surface area contributed by atoms with Crippen LogP contribution in [0.3, 0.4) is 0 Å². The van der Waals surface area contributed by atoms with E-state index in [-0.39, 0.29) is 27.0 Å². The summed E-state index contributed by atoms with van der Waals surface area (Å²) < 4.78 is 41.6. The van der Waals surface area contributed by atoms with E-state index in [0.29, 0.717) is 0 Å². The zero-order chi connectivity index (χ0) is 15.8. The van der Waals surface area contributed by atoms with Crippen LogP contribution in [0.4, 0.5) is 10.1 Å². The largest absolute Gasteiger partial charge is 0.276 e. The molecule has 0 saturated carbocycles. The van der Waals surface area contributed by atoms with Gasteiger partial charge in [0.05, 0.1) is 23.0 Å². The van der Waals surface area contributed by atoms with Gasteiger partial charge in [0, 0.05) is 7.05 Å². The first-order valence-electron chi connectivity index (χ1n) is 5.68. The van der Waals surface area contributed by atoms with Gasteiger partial charge in [-0.2, -0.15) is 10.4 Å². The van der Waals surface area contributed by atoms with Crippen molar-refractivity contribution in [2.45, 2.75) is 11.8 Å². The number of rotatable bonds is 3. The summed E-state index contributed by atoms with van der Waals surface area (Å²) >= 11 is 5.90. The van der Waals surface area contributed by atoms with E-state index in [9.17, 15) is 12.8 Å². The molecule has 2 rings (SSSR count). The lowest BCUT2D eigenvalue weighted by Gasteiger charge is -2.08. The summed E-state index contributed by atoms with van der Waals surface area (Å²) in [5.74, 6) is -0.852. The van der Waals surface area contributed by atoms with Gasteiger partial charge in [0.1, 0.15) is 15.9 Å². The molecule has 2 aromatic rings. The fourth-order valence-corrected chi connectivity index (χ4v) is 3.60. The van der Waals surface area contributed by atoms with Gasteiger partial charge < -0.3 is 0 Å². The first kappa shape index (κ1) is 15.3. The van der Waals surface area contributed by atoms with Crippen molar-refractivity contribution >= 4 is 27.3 Å². The molecule has 1 N–H and O–H groups in total. The maximum atomic E-state index is 13.8. The molecule has 0 radical (unpaired) electrons. The molecule has 0 aliphatic carbocycles. The van der Waals surface area contributed by atoms with Gasteiger partial charge in [-0.15, -0.1) is 0 Å². The highest BCUT2D eigenvalue weighted by Gasteiger charge is 2.26. The number of aromatic nitrogens is 2. The molecule has 0 unspecified atom stereocenters. The van der Waals surface area contributed by atoms with E-state index in [1.807, 2.05) is 0 Å². The predicted octanol–water partition coefficient (Wildman–Crippen LogP) is 2.19. The van der Waals surface area contributed by atoms with E-state index in [1.54, 1.807) is 6.07 Å². The summed E-state index contributed by atoms with van der Waals surface area (Å²) in [6.07, 6.45) is 0. The van der Waals surface area contributed by atoms with Crippen LogP contribution in [0.1, 0.15) is 11.3 Å². The minimum Gasteiger partial charge on any atom is -0.276 e. The summed E-state index contributed by atoms with van der Waals surface area (Å²) in [5, 5.41) is 12.5. The van der Waals surface area contributed by atoms with Crippen LogP contribution in [0.5, 0.6) is 0 Å². The van der Waals surface area contributed by atoms with Gasteiger partial charge in [0.15, 0.2) is 0 Å². The van der Waals surface area contributed by atoms with Crippen LogP contribution in [-0.4, -0.2) is 18.2 Å². The van der Waals surface area contributed by atoms with Crippen molar-refractivity contribution in [3.63, 3.8) is 0 Å². The molecule has 0 atom stereocenters. The number of nitriles is 1. The van der Waals surface area contributed by atoms with Crippen LogP contribution in [0.15, 0.2) is 23.1 Å². The Morgan fingerprint density at radius 2 is 2.14 bits per heavy atom. The molecule has 0 aliphatic rings. The Kier molecular flexibility index (Phi) is 3.89. The molecular formula is C12H10ClFN4O2S. The van der Waals surface area contributed by atoms with Gasteiger partial charge in [-0.25, -0.2) is 12.8 Å². The maximum Gasteiger partial charge on any atom is 0.266 e. The Hall–Kier alpha value is -2.11. The van der Waals surface area contributed by atoms with E-state index < -0.39 is 15.8 Å². The molecule has 1 aromatic heterocycles. The molecule has 0 saturated heterocycles. The molecule has 0 aliphatic heterocycles. The van der Waals surface area contributed by atoms with Crippen LogP contribution in [0.25, 0.3) is 0 Å². The second-order valence-corrected chi connectivity index (χ2v) is 6.22. The highest BCUT2D eigenvalue weighted by molar-refractivity contribution is 7.92. The van der Waals surface area contributed by atoms with Gasteiger partial charge >= 0.3 is 0 Å². The van der Waals surface area contributed by atoms with Crippen molar-refractivity contribution in [1.29, 1.82) is 5.26 Å². The Labute approximate surface area is 125 Å². The van der Waals surface area contributed by atoms with E-state index in [4.69, 9.17) is 16.9 Å². The molecule has 1 heterocycles. The summed E-state index contributed by atoms with van der Waals surface area (Å²) in [6.45, 7) is 1.48. The van der Waals surface area contributed by atoms with E-state index in [2.05, 4.69) is 9.82 Å². The number of nitrogens with zero attached hydrogens (tertiary/aromatic N) is 3. The second kappa shape index (κ2) is 5.35. The van der Waals surface area contributed by atoms with Crippen molar-refractivity contribution in [1.82, 2.24) is 9.78 Å². The van der Waals surface area contributed by atoms with Crippen molar-refractivity contribution in [2.24, 2.45) is 7.05 Å². The molecule has 0 spiro atoms. The van der Waals surface area contributed by atoms with Crippen molar-refractivity contribution in [3.05, 3.63) is 40.4 Å². The van der Waals surface area contributed by atoms with Crippen LogP contribution >= 0.6 is 11.6 Å². The SMILES string of the molecule is Cc1nn(C)c(Cl)c1S(=O)(=O)Nc1ccc(C#N)cc1F. The van der Waals surface area contributed by atoms with Gasteiger partial charge in [-0.3, -0.25) is 9.40 Å². The number of anilines is 1. The van der Waals surface area contributed by atoms with Gasteiger partial charge in [0.2, 0.25) is 0 Å². The van der Waals surface area contributed by atoms with Crippen molar-refractivity contribution in [2.75, 3.05) is 4.72 Å². The molecule has 1 aromatic carbocycles. The first-order chi connectivity index (χ1) is 9.76. The lowest BCUT2D eigenvalue weighted by molar-refractivity contribution is 0.598. The fraction of sp³-hybridized carbons (Fsp3) is 0.167. The third kappa shape index (κ3) is 2.84. The summed E-state index contributed by atoms with van der Waals surface area (Å²) in [6, 6.07) is 5.18. The smallest absolute Gasteiger partial charge is 0.266 e. The number of nitrogens with one attached hydrogen (secondary N) is 1. The van der Waals surface area contributed by atoms with E-state index >= 15 is 0 Å². The monoisotopic (exact) mass is 328 g/mol. The topological polar surface area (TPSA) is 87.8 Å². The average Bonchev–Trinajstić information content (AvgIpc) is 2.66. The molecule has 0 bridgehead atoms. The van der Waals surface area contributed by atoms with Crippen molar-refractivity contribution < 1.29 is 12.8 Å². The molecule has 6 nitrogen and oxygen atoms in total. The zero-order valence-electron chi connectivity index (χ0n) is 11.1. The van der Waals surface area contributed by atoms with E-state index in [1.165, 1.54) is 30.8 Å². The number of sulfonamides is 1. The van der Waals surface area contributed by atoms with Gasteiger partial charge in [-0.1, -0.05) is 11.6 Å². The first-order valence-corrected chi connectivity index (χ1v) is 7.54. The minimum atomic E-state index is -4.08. The molecule has 0 amide bonds. The Morgan fingerprint density at radius 3 is 2.62 bits per heavy atom. The standard InChI is InChI=1S/C12H10ClFN4O2S/c1-7-11(12(13)18(2)16-7)21(19,20)17-10-4-3-8(6-15)5-9(10)14/h3-5,17H,1-2H3. The van der Waals surface area contributed by atoms with Crippen LogP contribution < -0.4 is 4.72 Å². The second-order valence-electron chi connectivity index (χ2n) is 4.24. The number of halogens is 2. The van der Waals surface area contributed by atoms with Crippen LogP contribution in [-0.2, 0) is 17.1 Å². The minimum absolute atomic E-state index is 0.0750. The summed E-state index contributed by atoms with van der Waals surface area (Å²) in [4.78, 5) is -0.213. The Balaban J connectivity index is 2.45. The van der Waals surface area contributed by atoms with Gasteiger partial charge in [0.25, 0.3) is 10.0 Å². The number of hydrogen-bond donors (Lipinski definition) is 1. The number of benzene rings is 1. The normalized spacial score (nSPS) is 11.2. The lowest BCUT2D eigenvalue weighted by Crippen LogP contribution is -2.15. The Bertz CT molecular complexity index is 855. The molecule has 9 heteroatoms. The lowest BCUT2D eigenvalue weighted by atomic mass is 10.2. The molecular weight excluding hydrogens is 319 g/mol.